The minimum atomic E-state index is -0.637. The first kappa shape index (κ1) is 11.5. The van der Waals surface area contributed by atoms with E-state index in [9.17, 15) is 4.21 Å². The Kier molecular flexibility index (Phi) is 3.56. The van der Waals surface area contributed by atoms with Crippen LogP contribution < -0.4 is 10.6 Å². The van der Waals surface area contributed by atoms with E-state index in [2.05, 4.69) is 16.0 Å². The third kappa shape index (κ3) is 2.41. The van der Waals surface area contributed by atoms with Crippen molar-refractivity contribution in [3.8, 4) is 0 Å². The zero-order valence-corrected chi connectivity index (χ0v) is 10.3. The van der Waals surface area contributed by atoms with Crippen LogP contribution in [0.1, 0.15) is 11.1 Å². The molecule has 1 aliphatic rings. The van der Waals surface area contributed by atoms with Crippen molar-refractivity contribution in [2.75, 3.05) is 29.5 Å². The van der Waals surface area contributed by atoms with Crippen molar-refractivity contribution >= 4 is 16.6 Å². The summed E-state index contributed by atoms with van der Waals surface area (Å²) in [4.78, 5) is 6.65. The van der Waals surface area contributed by atoms with E-state index in [0.29, 0.717) is 6.54 Å². The summed E-state index contributed by atoms with van der Waals surface area (Å²) in [6.45, 7) is 4.25. The molecular formula is C11H17N3OS. The summed E-state index contributed by atoms with van der Waals surface area (Å²) in [7, 11) is -0.637. The predicted octanol–water partition coefficient (Wildman–Crippen LogP) is 0.417. The highest BCUT2D eigenvalue weighted by Gasteiger charge is 2.17. The van der Waals surface area contributed by atoms with Crippen LogP contribution in [0.5, 0.6) is 0 Å². The van der Waals surface area contributed by atoms with Crippen molar-refractivity contribution in [1.82, 2.24) is 4.98 Å². The van der Waals surface area contributed by atoms with Gasteiger partial charge in [-0.1, -0.05) is 0 Å². The second kappa shape index (κ2) is 4.93. The molecule has 0 bridgehead atoms. The van der Waals surface area contributed by atoms with Crippen molar-refractivity contribution in [1.29, 1.82) is 0 Å². The molecule has 0 aromatic carbocycles. The van der Waals surface area contributed by atoms with Crippen LogP contribution in [-0.4, -0.2) is 33.8 Å². The minimum absolute atomic E-state index is 0.526. The van der Waals surface area contributed by atoms with E-state index in [1.165, 1.54) is 0 Å². The maximum atomic E-state index is 11.3. The van der Waals surface area contributed by atoms with Gasteiger partial charge in [-0.25, -0.2) is 4.98 Å². The van der Waals surface area contributed by atoms with Gasteiger partial charge in [0.1, 0.15) is 5.82 Å². The van der Waals surface area contributed by atoms with Gasteiger partial charge in [0.2, 0.25) is 0 Å². The highest BCUT2D eigenvalue weighted by Crippen LogP contribution is 2.19. The summed E-state index contributed by atoms with van der Waals surface area (Å²) in [5.74, 6) is 2.51. The van der Waals surface area contributed by atoms with Gasteiger partial charge in [0, 0.05) is 48.1 Å². The molecule has 0 atom stereocenters. The highest BCUT2D eigenvalue weighted by molar-refractivity contribution is 7.85. The van der Waals surface area contributed by atoms with E-state index in [-0.39, 0.29) is 0 Å². The third-order valence-electron chi connectivity index (χ3n) is 2.82. The molecule has 16 heavy (non-hydrogen) atoms. The zero-order valence-electron chi connectivity index (χ0n) is 9.48. The molecule has 1 aliphatic heterocycles. The largest absolute Gasteiger partial charge is 0.355 e. The topological polar surface area (TPSA) is 59.2 Å². The van der Waals surface area contributed by atoms with Crippen LogP contribution >= 0.6 is 0 Å². The molecule has 0 aliphatic carbocycles. The van der Waals surface area contributed by atoms with Crippen molar-refractivity contribution in [3.05, 3.63) is 23.4 Å². The summed E-state index contributed by atoms with van der Waals surface area (Å²) < 4.78 is 11.3. The predicted molar refractivity (Wildman–Crippen MR) is 67.0 cm³/mol. The van der Waals surface area contributed by atoms with Gasteiger partial charge in [-0.3, -0.25) is 4.21 Å². The second-order valence-corrected chi connectivity index (χ2v) is 5.72. The number of aryl methyl sites for hydroxylation is 1. The van der Waals surface area contributed by atoms with Crippen molar-refractivity contribution in [3.63, 3.8) is 0 Å². The van der Waals surface area contributed by atoms with Gasteiger partial charge in [0.05, 0.1) is 0 Å². The fraction of sp³-hybridized carbons (Fsp3) is 0.545. The number of aromatic nitrogens is 1. The Morgan fingerprint density at radius 2 is 2.19 bits per heavy atom. The molecule has 2 N–H and O–H groups in total. The number of nitrogens with two attached hydrogens (primary N) is 1. The number of anilines is 1. The number of pyridine rings is 1. The molecule has 0 radical (unpaired) electrons. The van der Waals surface area contributed by atoms with Crippen molar-refractivity contribution in [2.45, 2.75) is 13.5 Å². The third-order valence-corrected chi connectivity index (χ3v) is 4.10. The van der Waals surface area contributed by atoms with Gasteiger partial charge in [-0.2, -0.15) is 0 Å². The van der Waals surface area contributed by atoms with E-state index >= 15 is 0 Å². The van der Waals surface area contributed by atoms with Crippen LogP contribution in [0.3, 0.4) is 0 Å². The van der Waals surface area contributed by atoms with E-state index in [1.54, 1.807) is 0 Å². The van der Waals surface area contributed by atoms with E-state index in [1.807, 2.05) is 13.1 Å². The first-order valence-corrected chi connectivity index (χ1v) is 6.95. The van der Waals surface area contributed by atoms with E-state index in [0.717, 1.165) is 41.5 Å². The summed E-state index contributed by atoms with van der Waals surface area (Å²) in [6.07, 6.45) is 1.83. The average Bonchev–Trinajstić information content (AvgIpc) is 2.30. The van der Waals surface area contributed by atoms with Crippen LogP contribution in [-0.2, 0) is 17.3 Å². The second-order valence-electron chi connectivity index (χ2n) is 4.02. The molecule has 0 spiro atoms. The maximum absolute atomic E-state index is 11.3. The van der Waals surface area contributed by atoms with Gasteiger partial charge >= 0.3 is 0 Å². The lowest BCUT2D eigenvalue weighted by molar-refractivity contribution is 0.672. The Balaban J connectivity index is 2.17. The minimum Gasteiger partial charge on any atom is -0.355 e. The Labute approximate surface area is 98.3 Å². The number of hydrogen-bond donors (Lipinski definition) is 1. The van der Waals surface area contributed by atoms with Gasteiger partial charge in [-0.05, 0) is 24.1 Å². The summed E-state index contributed by atoms with van der Waals surface area (Å²) >= 11 is 0. The van der Waals surface area contributed by atoms with Crippen LogP contribution in [0, 0.1) is 6.92 Å². The van der Waals surface area contributed by atoms with Crippen LogP contribution in [0.15, 0.2) is 12.3 Å². The molecule has 1 aromatic heterocycles. The molecule has 5 heteroatoms. The molecule has 0 unspecified atom stereocenters. The standard InChI is InChI=1S/C11H17N3OS/c1-9-6-10(7-12)8-13-11(9)14-2-4-16(15)5-3-14/h6,8H,2-5,7,12H2,1H3. The molecule has 4 nitrogen and oxygen atoms in total. The Morgan fingerprint density at radius 3 is 2.75 bits per heavy atom. The summed E-state index contributed by atoms with van der Waals surface area (Å²) in [5, 5.41) is 0. The molecule has 88 valence electrons. The monoisotopic (exact) mass is 239 g/mol. The lowest BCUT2D eigenvalue weighted by Crippen LogP contribution is -2.38. The average molecular weight is 239 g/mol. The number of nitrogens with zero attached hydrogens (tertiary/aromatic N) is 2. The fourth-order valence-corrected chi connectivity index (χ4v) is 2.97. The summed E-state index contributed by atoms with van der Waals surface area (Å²) in [5.41, 5.74) is 7.78. The Hall–Kier alpha value is -0.940. The zero-order chi connectivity index (χ0) is 11.5. The lowest BCUT2D eigenvalue weighted by Gasteiger charge is -2.28. The molecule has 1 aromatic rings. The van der Waals surface area contributed by atoms with E-state index < -0.39 is 10.8 Å². The first-order chi connectivity index (χ1) is 7.70. The highest BCUT2D eigenvalue weighted by atomic mass is 32.2. The molecule has 1 saturated heterocycles. The Morgan fingerprint density at radius 1 is 1.50 bits per heavy atom. The smallest absolute Gasteiger partial charge is 0.131 e. The van der Waals surface area contributed by atoms with Crippen LogP contribution in [0.2, 0.25) is 0 Å². The van der Waals surface area contributed by atoms with Crippen LogP contribution in [0.25, 0.3) is 0 Å². The van der Waals surface area contributed by atoms with Gasteiger partial charge in [0.15, 0.2) is 0 Å². The Bertz CT molecular complexity index is 398. The molecular weight excluding hydrogens is 222 g/mol. The first-order valence-electron chi connectivity index (χ1n) is 5.46. The quantitative estimate of drug-likeness (QED) is 0.812. The number of hydrogen-bond acceptors (Lipinski definition) is 4. The number of rotatable bonds is 2. The van der Waals surface area contributed by atoms with Gasteiger partial charge in [0.25, 0.3) is 0 Å². The van der Waals surface area contributed by atoms with Crippen molar-refractivity contribution < 1.29 is 4.21 Å². The van der Waals surface area contributed by atoms with Crippen molar-refractivity contribution in [2.24, 2.45) is 5.73 Å². The SMILES string of the molecule is Cc1cc(CN)cnc1N1CCS(=O)CC1. The molecule has 2 rings (SSSR count). The molecule has 2 heterocycles. The van der Waals surface area contributed by atoms with E-state index in [4.69, 9.17) is 5.73 Å². The molecule has 1 fully saturated rings. The lowest BCUT2D eigenvalue weighted by atomic mass is 10.2. The normalized spacial score (nSPS) is 17.8. The molecule has 0 saturated carbocycles. The molecule has 0 amide bonds. The summed E-state index contributed by atoms with van der Waals surface area (Å²) in [6, 6.07) is 2.08. The van der Waals surface area contributed by atoms with Crippen LogP contribution in [0.4, 0.5) is 5.82 Å². The maximum Gasteiger partial charge on any atom is 0.131 e. The van der Waals surface area contributed by atoms with Gasteiger partial charge < -0.3 is 10.6 Å². The van der Waals surface area contributed by atoms with Gasteiger partial charge in [-0.15, -0.1) is 0 Å². The fourth-order valence-electron chi connectivity index (χ4n) is 1.92.